The van der Waals surface area contributed by atoms with E-state index in [1.807, 2.05) is 13.8 Å². The lowest BCUT2D eigenvalue weighted by atomic mass is 10.1. The molecule has 0 aliphatic heterocycles. The molecule has 2 rings (SSSR count). The normalized spacial score (nSPS) is 12.5. The van der Waals surface area contributed by atoms with Gasteiger partial charge in [-0.05, 0) is 48.7 Å². The zero-order chi connectivity index (χ0) is 26.3. The monoisotopic (exact) mass is 526 g/mol. The number of halogens is 2. The van der Waals surface area contributed by atoms with Gasteiger partial charge in [-0.2, -0.15) is 12.7 Å². The second-order valence-electron chi connectivity index (χ2n) is 8.70. The molecule has 2 amide bonds. The van der Waals surface area contributed by atoms with Gasteiger partial charge in [0.25, 0.3) is 0 Å². The molecular weight excluding hydrogens is 495 g/mol. The molecule has 0 aliphatic carbocycles. The Balaban J connectivity index is 2.44. The van der Waals surface area contributed by atoms with Crippen molar-refractivity contribution in [3.8, 4) is 0 Å². The molecule has 0 bridgehead atoms. The van der Waals surface area contributed by atoms with E-state index in [1.54, 1.807) is 31.2 Å². The lowest BCUT2D eigenvalue weighted by molar-refractivity contribution is -0.139. The van der Waals surface area contributed by atoms with Gasteiger partial charge in [-0.1, -0.05) is 43.6 Å². The fourth-order valence-electron chi connectivity index (χ4n) is 3.17. The van der Waals surface area contributed by atoms with Gasteiger partial charge >= 0.3 is 10.2 Å². The standard InChI is InChI=1S/C24H32ClFN4O4S/c1-17(2)14-27-24(32)18(3)29(15-19-8-6-7-9-22(19)25)23(31)16-30(35(33,34)28(4)5)21-12-10-20(26)11-13-21/h6-13,17-18H,14-16H2,1-5H3,(H,27,32)/t18-/m0/s1. The van der Waals surface area contributed by atoms with Crippen molar-refractivity contribution in [3.63, 3.8) is 0 Å². The summed E-state index contributed by atoms with van der Waals surface area (Å²) < 4.78 is 41.4. The van der Waals surface area contributed by atoms with Crippen LogP contribution in [0.1, 0.15) is 26.3 Å². The summed E-state index contributed by atoms with van der Waals surface area (Å²) in [5.41, 5.74) is 0.720. The van der Waals surface area contributed by atoms with E-state index < -0.39 is 34.5 Å². The Kier molecular flexibility index (Phi) is 10.1. The topological polar surface area (TPSA) is 90.0 Å². The number of rotatable bonds is 11. The summed E-state index contributed by atoms with van der Waals surface area (Å²) in [7, 11) is -1.45. The third-order valence-corrected chi connectivity index (χ3v) is 7.47. The number of carbonyl (C=O) groups is 2. The number of carbonyl (C=O) groups excluding carboxylic acids is 2. The highest BCUT2D eigenvalue weighted by Crippen LogP contribution is 2.23. The Labute approximate surface area is 211 Å². The van der Waals surface area contributed by atoms with E-state index in [0.29, 0.717) is 17.1 Å². The van der Waals surface area contributed by atoms with Crippen LogP contribution in [0.3, 0.4) is 0 Å². The average Bonchev–Trinajstić information content (AvgIpc) is 2.80. The van der Waals surface area contributed by atoms with Crippen molar-refractivity contribution in [2.45, 2.75) is 33.4 Å². The molecule has 35 heavy (non-hydrogen) atoms. The molecule has 8 nitrogen and oxygen atoms in total. The van der Waals surface area contributed by atoms with Crippen LogP contribution in [0.5, 0.6) is 0 Å². The van der Waals surface area contributed by atoms with Gasteiger partial charge in [0.15, 0.2) is 0 Å². The minimum Gasteiger partial charge on any atom is -0.354 e. The molecule has 0 saturated carbocycles. The van der Waals surface area contributed by atoms with Crippen LogP contribution in [-0.2, 0) is 26.3 Å². The molecule has 0 fully saturated rings. The van der Waals surface area contributed by atoms with Crippen molar-refractivity contribution in [1.29, 1.82) is 0 Å². The predicted octanol–water partition coefficient (Wildman–Crippen LogP) is 3.28. The number of anilines is 1. The number of amides is 2. The van der Waals surface area contributed by atoms with Crippen LogP contribution >= 0.6 is 11.6 Å². The van der Waals surface area contributed by atoms with Gasteiger partial charge in [0, 0.05) is 32.2 Å². The van der Waals surface area contributed by atoms with Gasteiger partial charge in [0.1, 0.15) is 18.4 Å². The molecule has 1 N–H and O–H groups in total. The Morgan fingerprint density at radius 3 is 2.17 bits per heavy atom. The predicted molar refractivity (Wildman–Crippen MR) is 136 cm³/mol. The van der Waals surface area contributed by atoms with Crippen LogP contribution in [0.25, 0.3) is 0 Å². The minimum absolute atomic E-state index is 0.00591. The first kappa shape index (κ1) is 28.5. The quantitative estimate of drug-likeness (QED) is 0.486. The smallest absolute Gasteiger partial charge is 0.304 e. The van der Waals surface area contributed by atoms with E-state index >= 15 is 0 Å². The summed E-state index contributed by atoms with van der Waals surface area (Å²) in [5.74, 6) is -1.33. The van der Waals surface area contributed by atoms with Crippen LogP contribution in [0.15, 0.2) is 48.5 Å². The van der Waals surface area contributed by atoms with Crippen molar-refractivity contribution in [3.05, 3.63) is 64.9 Å². The molecule has 192 valence electrons. The van der Waals surface area contributed by atoms with Gasteiger partial charge in [0.05, 0.1) is 5.69 Å². The first-order valence-electron chi connectivity index (χ1n) is 11.1. The highest BCUT2D eigenvalue weighted by atomic mass is 35.5. The molecule has 2 aromatic rings. The van der Waals surface area contributed by atoms with Crippen LogP contribution in [0.4, 0.5) is 10.1 Å². The lowest BCUT2D eigenvalue weighted by Gasteiger charge is -2.33. The molecule has 0 saturated heterocycles. The van der Waals surface area contributed by atoms with Crippen molar-refractivity contribution >= 4 is 39.3 Å². The highest BCUT2D eigenvalue weighted by molar-refractivity contribution is 7.90. The number of benzene rings is 2. The highest BCUT2D eigenvalue weighted by Gasteiger charge is 2.32. The lowest BCUT2D eigenvalue weighted by Crippen LogP contribution is -2.52. The zero-order valence-corrected chi connectivity index (χ0v) is 22.1. The van der Waals surface area contributed by atoms with Crippen LogP contribution in [-0.4, -0.2) is 62.7 Å². The van der Waals surface area contributed by atoms with Gasteiger partial charge in [-0.3, -0.25) is 9.59 Å². The van der Waals surface area contributed by atoms with E-state index in [1.165, 1.54) is 31.1 Å². The van der Waals surface area contributed by atoms with Gasteiger partial charge < -0.3 is 10.2 Å². The molecule has 0 spiro atoms. The maximum Gasteiger partial charge on any atom is 0.304 e. The average molecular weight is 527 g/mol. The molecule has 0 aromatic heterocycles. The van der Waals surface area contributed by atoms with Crippen molar-refractivity contribution in [2.75, 3.05) is 31.5 Å². The summed E-state index contributed by atoms with van der Waals surface area (Å²) in [6.07, 6.45) is 0. The van der Waals surface area contributed by atoms with E-state index in [-0.39, 0.29) is 24.1 Å². The fraction of sp³-hybridized carbons (Fsp3) is 0.417. The van der Waals surface area contributed by atoms with E-state index in [9.17, 15) is 22.4 Å². The summed E-state index contributed by atoms with van der Waals surface area (Å²) in [5, 5.41) is 3.22. The number of hydrogen-bond acceptors (Lipinski definition) is 4. The Bertz CT molecular complexity index is 1130. The third-order valence-electron chi connectivity index (χ3n) is 5.28. The van der Waals surface area contributed by atoms with E-state index in [4.69, 9.17) is 11.6 Å². The molecule has 0 heterocycles. The Hall–Kier alpha value is -2.69. The summed E-state index contributed by atoms with van der Waals surface area (Å²) in [6, 6.07) is 10.8. The largest absolute Gasteiger partial charge is 0.354 e. The molecule has 1 atom stereocenters. The van der Waals surface area contributed by atoms with Gasteiger partial charge in [0.2, 0.25) is 11.8 Å². The Morgan fingerprint density at radius 1 is 1.03 bits per heavy atom. The van der Waals surface area contributed by atoms with Gasteiger partial charge in [-0.25, -0.2) is 8.70 Å². The molecule has 0 aliphatic rings. The maximum absolute atomic E-state index is 13.6. The second kappa shape index (κ2) is 12.3. The maximum atomic E-state index is 13.6. The number of hydrogen-bond donors (Lipinski definition) is 1. The zero-order valence-electron chi connectivity index (χ0n) is 20.5. The number of nitrogens with zero attached hydrogens (tertiary/aromatic N) is 3. The second-order valence-corrected chi connectivity index (χ2v) is 11.2. The first-order chi connectivity index (χ1) is 16.3. The molecule has 0 unspecified atom stereocenters. The van der Waals surface area contributed by atoms with Crippen molar-refractivity contribution in [2.24, 2.45) is 5.92 Å². The van der Waals surface area contributed by atoms with E-state index in [0.717, 1.165) is 20.7 Å². The van der Waals surface area contributed by atoms with Gasteiger partial charge in [-0.15, -0.1) is 0 Å². The van der Waals surface area contributed by atoms with Crippen molar-refractivity contribution < 1.29 is 22.4 Å². The fourth-order valence-corrected chi connectivity index (χ4v) is 4.42. The third kappa shape index (κ3) is 7.65. The van der Waals surface area contributed by atoms with Crippen LogP contribution < -0.4 is 9.62 Å². The molecule has 2 aromatic carbocycles. The van der Waals surface area contributed by atoms with Crippen LogP contribution in [0, 0.1) is 11.7 Å². The first-order valence-corrected chi connectivity index (χ1v) is 12.9. The SMILES string of the molecule is CC(C)CNC(=O)[C@H](C)N(Cc1ccccc1Cl)C(=O)CN(c1ccc(F)cc1)S(=O)(=O)N(C)C. The summed E-state index contributed by atoms with van der Waals surface area (Å²) in [6.45, 7) is 5.29. The molecule has 11 heteroatoms. The van der Waals surface area contributed by atoms with Crippen LogP contribution in [0.2, 0.25) is 5.02 Å². The molecule has 0 radical (unpaired) electrons. The molecular formula is C24H32ClFN4O4S. The van der Waals surface area contributed by atoms with Crippen molar-refractivity contribution in [1.82, 2.24) is 14.5 Å². The Morgan fingerprint density at radius 2 is 1.63 bits per heavy atom. The van der Waals surface area contributed by atoms with E-state index in [2.05, 4.69) is 5.32 Å². The minimum atomic E-state index is -4.11. The summed E-state index contributed by atoms with van der Waals surface area (Å²) in [4.78, 5) is 27.7. The summed E-state index contributed by atoms with van der Waals surface area (Å²) >= 11 is 6.30. The number of nitrogens with one attached hydrogen (secondary N) is 1.